The fourth-order valence-electron chi connectivity index (χ4n) is 2.33. The van der Waals surface area contributed by atoms with Crippen molar-refractivity contribution in [2.45, 2.75) is 12.6 Å². The van der Waals surface area contributed by atoms with E-state index in [4.69, 9.17) is 0 Å². The molecule has 0 saturated carbocycles. The predicted octanol–water partition coefficient (Wildman–Crippen LogP) is 2.46. The number of hydrogen-bond donors (Lipinski definition) is 0. The van der Waals surface area contributed by atoms with Crippen LogP contribution in [0, 0.1) is 5.82 Å². The molecule has 1 aliphatic heterocycles. The normalized spacial score (nSPS) is 14.4. The molecule has 0 saturated heterocycles. The molecule has 2 heterocycles. The Bertz CT molecular complexity index is 690. The minimum absolute atomic E-state index is 0.0489. The van der Waals surface area contributed by atoms with Crippen LogP contribution in [0.4, 0.5) is 23.2 Å². The number of carbonyl (C=O) groups is 1. The van der Waals surface area contributed by atoms with Gasteiger partial charge in [-0.3, -0.25) is 4.79 Å². The number of rotatable bonds is 1. The fourth-order valence-corrected chi connectivity index (χ4v) is 2.33. The molecule has 110 valence electrons. The maximum absolute atomic E-state index is 12.9. The van der Waals surface area contributed by atoms with Crippen molar-refractivity contribution < 1.29 is 22.4 Å². The molecule has 2 aromatic rings. The lowest BCUT2D eigenvalue weighted by Gasteiger charge is -2.16. The molecule has 4 nitrogen and oxygen atoms in total. The van der Waals surface area contributed by atoms with Crippen LogP contribution >= 0.6 is 0 Å². The van der Waals surface area contributed by atoms with Crippen LogP contribution in [0.25, 0.3) is 5.69 Å². The molecule has 1 aliphatic rings. The van der Waals surface area contributed by atoms with Crippen LogP contribution in [0.3, 0.4) is 0 Å². The third kappa shape index (κ3) is 2.26. The Balaban J connectivity index is 1.97. The van der Waals surface area contributed by atoms with E-state index in [-0.39, 0.29) is 18.7 Å². The Morgan fingerprint density at radius 3 is 2.48 bits per heavy atom. The van der Waals surface area contributed by atoms with Gasteiger partial charge in [-0.2, -0.15) is 18.3 Å². The Hall–Kier alpha value is -2.38. The summed E-state index contributed by atoms with van der Waals surface area (Å²) in [4.78, 5) is 12.0. The zero-order chi connectivity index (χ0) is 15.2. The maximum atomic E-state index is 12.9. The van der Waals surface area contributed by atoms with Gasteiger partial charge in [0.05, 0.1) is 23.3 Å². The minimum Gasteiger partial charge on any atom is -0.301 e. The van der Waals surface area contributed by atoms with Crippen molar-refractivity contribution in [1.82, 2.24) is 9.78 Å². The SMILES string of the molecule is O=C(N1CCc2c1cnn2-c1ccc(F)cc1)C(F)(F)F. The number of halogens is 4. The molecule has 1 aromatic carbocycles. The second-order valence-corrected chi connectivity index (χ2v) is 4.57. The lowest BCUT2D eigenvalue weighted by atomic mass is 10.3. The summed E-state index contributed by atoms with van der Waals surface area (Å²) < 4.78 is 51.8. The summed E-state index contributed by atoms with van der Waals surface area (Å²) in [5.74, 6) is -2.32. The van der Waals surface area contributed by atoms with Crippen molar-refractivity contribution in [1.29, 1.82) is 0 Å². The van der Waals surface area contributed by atoms with Crippen molar-refractivity contribution in [2.75, 3.05) is 11.4 Å². The number of aromatic nitrogens is 2. The first-order valence-corrected chi connectivity index (χ1v) is 6.09. The van der Waals surface area contributed by atoms with Gasteiger partial charge in [-0.25, -0.2) is 9.07 Å². The van der Waals surface area contributed by atoms with Gasteiger partial charge in [0.15, 0.2) is 0 Å². The van der Waals surface area contributed by atoms with E-state index in [0.717, 1.165) is 0 Å². The topological polar surface area (TPSA) is 38.1 Å². The third-order valence-corrected chi connectivity index (χ3v) is 3.27. The summed E-state index contributed by atoms with van der Waals surface area (Å²) in [6.07, 6.45) is -3.44. The average molecular weight is 299 g/mol. The lowest BCUT2D eigenvalue weighted by molar-refractivity contribution is -0.170. The van der Waals surface area contributed by atoms with Gasteiger partial charge < -0.3 is 4.90 Å². The largest absolute Gasteiger partial charge is 0.471 e. The van der Waals surface area contributed by atoms with Crippen LogP contribution < -0.4 is 4.90 Å². The van der Waals surface area contributed by atoms with E-state index in [1.54, 1.807) is 0 Å². The van der Waals surface area contributed by atoms with Gasteiger partial charge >= 0.3 is 12.1 Å². The summed E-state index contributed by atoms with van der Waals surface area (Å²) >= 11 is 0. The fraction of sp³-hybridized carbons (Fsp3) is 0.231. The first-order valence-electron chi connectivity index (χ1n) is 6.09. The number of carbonyl (C=O) groups excluding carboxylic acids is 1. The van der Waals surface area contributed by atoms with E-state index in [9.17, 15) is 22.4 Å². The van der Waals surface area contributed by atoms with Gasteiger partial charge in [-0.15, -0.1) is 0 Å². The van der Waals surface area contributed by atoms with E-state index in [1.807, 2.05) is 0 Å². The molecular formula is C13H9F4N3O. The second-order valence-electron chi connectivity index (χ2n) is 4.57. The summed E-state index contributed by atoms with van der Waals surface area (Å²) in [7, 11) is 0. The summed E-state index contributed by atoms with van der Waals surface area (Å²) in [5.41, 5.74) is 1.17. The Labute approximate surface area is 116 Å². The Kier molecular flexibility index (Phi) is 2.96. The molecular weight excluding hydrogens is 290 g/mol. The average Bonchev–Trinajstić information content (AvgIpc) is 2.99. The monoisotopic (exact) mass is 299 g/mol. The number of nitrogens with zero attached hydrogens (tertiary/aromatic N) is 3. The summed E-state index contributed by atoms with van der Waals surface area (Å²) in [5, 5.41) is 3.99. The van der Waals surface area contributed by atoms with Crippen LogP contribution in [0.15, 0.2) is 30.5 Å². The molecule has 0 N–H and O–H groups in total. The smallest absolute Gasteiger partial charge is 0.301 e. The number of hydrogen-bond acceptors (Lipinski definition) is 2. The number of alkyl halides is 3. The van der Waals surface area contributed by atoms with Gasteiger partial charge in [-0.05, 0) is 24.3 Å². The van der Waals surface area contributed by atoms with Crippen molar-refractivity contribution in [2.24, 2.45) is 0 Å². The van der Waals surface area contributed by atoms with Gasteiger partial charge in [0.25, 0.3) is 0 Å². The third-order valence-electron chi connectivity index (χ3n) is 3.27. The summed E-state index contributed by atoms with van der Waals surface area (Å²) in [6, 6.07) is 5.40. The highest BCUT2D eigenvalue weighted by Gasteiger charge is 2.45. The highest BCUT2D eigenvalue weighted by Crippen LogP contribution is 2.32. The molecule has 0 fully saturated rings. The Morgan fingerprint density at radius 1 is 1.19 bits per heavy atom. The zero-order valence-corrected chi connectivity index (χ0v) is 10.6. The molecule has 8 heteroatoms. The van der Waals surface area contributed by atoms with Crippen LogP contribution in [-0.4, -0.2) is 28.4 Å². The minimum atomic E-state index is -4.92. The van der Waals surface area contributed by atoms with Gasteiger partial charge in [-0.1, -0.05) is 0 Å². The molecule has 0 spiro atoms. The molecule has 0 aliphatic carbocycles. The van der Waals surface area contributed by atoms with Crippen LogP contribution in [0.1, 0.15) is 5.69 Å². The molecule has 21 heavy (non-hydrogen) atoms. The zero-order valence-electron chi connectivity index (χ0n) is 10.6. The molecule has 0 unspecified atom stereocenters. The van der Waals surface area contributed by atoms with Gasteiger partial charge in [0, 0.05) is 13.0 Å². The van der Waals surface area contributed by atoms with Crippen LogP contribution in [-0.2, 0) is 11.2 Å². The maximum Gasteiger partial charge on any atom is 0.471 e. The van der Waals surface area contributed by atoms with Crippen LogP contribution in [0.5, 0.6) is 0 Å². The number of benzene rings is 1. The first-order chi connectivity index (χ1) is 9.88. The highest BCUT2D eigenvalue weighted by molar-refractivity contribution is 5.98. The number of amides is 1. The quantitative estimate of drug-likeness (QED) is 0.759. The van der Waals surface area contributed by atoms with E-state index in [0.29, 0.717) is 16.3 Å². The van der Waals surface area contributed by atoms with E-state index < -0.39 is 17.9 Å². The standard InChI is InChI=1S/C13H9F4N3O/c14-8-1-3-9(4-2-8)20-10-5-6-19(11(10)7-18-20)12(21)13(15,16)17/h1-4,7H,5-6H2. The number of fused-ring (bicyclic) bond motifs is 1. The van der Waals surface area contributed by atoms with Crippen molar-refractivity contribution in [3.63, 3.8) is 0 Å². The second kappa shape index (κ2) is 4.57. The van der Waals surface area contributed by atoms with Crippen LogP contribution in [0.2, 0.25) is 0 Å². The molecule has 1 aromatic heterocycles. The highest BCUT2D eigenvalue weighted by atomic mass is 19.4. The molecule has 0 radical (unpaired) electrons. The molecule has 1 amide bonds. The van der Waals surface area contributed by atoms with Crippen molar-refractivity contribution >= 4 is 11.6 Å². The predicted molar refractivity (Wildman–Crippen MR) is 65.6 cm³/mol. The van der Waals surface area contributed by atoms with Crippen molar-refractivity contribution in [3.05, 3.63) is 42.0 Å². The molecule has 3 rings (SSSR count). The van der Waals surface area contributed by atoms with Crippen molar-refractivity contribution in [3.8, 4) is 5.69 Å². The van der Waals surface area contributed by atoms with Gasteiger partial charge in [0.2, 0.25) is 0 Å². The first kappa shape index (κ1) is 13.6. The lowest BCUT2D eigenvalue weighted by Crippen LogP contribution is -2.40. The van der Waals surface area contributed by atoms with E-state index >= 15 is 0 Å². The Morgan fingerprint density at radius 2 is 1.86 bits per heavy atom. The van der Waals surface area contributed by atoms with E-state index in [2.05, 4.69) is 5.10 Å². The molecule has 0 atom stereocenters. The van der Waals surface area contributed by atoms with Gasteiger partial charge in [0.1, 0.15) is 5.82 Å². The van der Waals surface area contributed by atoms with E-state index in [1.165, 1.54) is 35.1 Å². The molecule has 0 bridgehead atoms. The number of anilines is 1. The summed E-state index contributed by atoms with van der Waals surface area (Å²) in [6.45, 7) is -0.0489.